The lowest BCUT2D eigenvalue weighted by molar-refractivity contribution is -0.141. The van der Waals surface area contributed by atoms with Gasteiger partial charge in [0, 0.05) is 64.0 Å². The van der Waals surface area contributed by atoms with E-state index in [1.165, 1.54) is 11.4 Å². The summed E-state index contributed by atoms with van der Waals surface area (Å²) in [6.07, 6.45) is -1.95. The number of hydrogen-bond donors (Lipinski definition) is 0. The highest BCUT2D eigenvalue weighted by Crippen LogP contribution is 2.43. The molecule has 1 aromatic heterocycles. The average molecular weight is 408 g/mol. The standard InChI is InChI=1S/C16H23F3N4O3S/c1-21-14(8-13(20-21)16(17,18)19)27(24,25)23-5-4-15(11-23)9-22(10-15)12-2-6-26-7-3-12/h8,12H,2-7,9-11H2,1H3. The van der Waals surface area contributed by atoms with Crippen LogP contribution in [-0.4, -0.2) is 72.8 Å². The second kappa shape index (κ2) is 6.43. The van der Waals surface area contributed by atoms with Gasteiger partial charge in [-0.1, -0.05) is 0 Å². The molecule has 3 aliphatic heterocycles. The molecule has 0 aliphatic carbocycles. The third-order valence-electron chi connectivity index (χ3n) is 5.92. The van der Waals surface area contributed by atoms with Crippen LogP contribution in [0.5, 0.6) is 0 Å². The molecule has 11 heteroatoms. The summed E-state index contributed by atoms with van der Waals surface area (Å²) in [5, 5.41) is 2.92. The fraction of sp³-hybridized carbons (Fsp3) is 0.812. The maximum absolute atomic E-state index is 12.9. The first-order valence-corrected chi connectivity index (χ1v) is 10.5. The molecule has 0 amide bonds. The summed E-state index contributed by atoms with van der Waals surface area (Å²) in [6.45, 7) is 3.87. The van der Waals surface area contributed by atoms with Gasteiger partial charge in [-0.05, 0) is 19.3 Å². The van der Waals surface area contributed by atoms with Crippen LogP contribution in [0.2, 0.25) is 0 Å². The first-order chi connectivity index (χ1) is 12.6. The van der Waals surface area contributed by atoms with E-state index in [0.717, 1.165) is 50.2 Å². The van der Waals surface area contributed by atoms with Crippen LogP contribution in [0.1, 0.15) is 25.0 Å². The highest BCUT2D eigenvalue weighted by atomic mass is 32.2. The topological polar surface area (TPSA) is 67.7 Å². The summed E-state index contributed by atoms with van der Waals surface area (Å²) in [7, 11) is -2.78. The molecule has 3 aliphatic rings. The Morgan fingerprint density at radius 1 is 1.22 bits per heavy atom. The Balaban J connectivity index is 1.45. The van der Waals surface area contributed by atoms with Gasteiger partial charge in [-0.25, -0.2) is 8.42 Å². The monoisotopic (exact) mass is 408 g/mol. The van der Waals surface area contributed by atoms with Crippen LogP contribution in [0.25, 0.3) is 0 Å². The molecular weight excluding hydrogens is 385 g/mol. The first kappa shape index (κ1) is 19.2. The molecule has 152 valence electrons. The van der Waals surface area contributed by atoms with Gasteiger partial charge >= 0.3 is 6.18 Å². The predicted octanol–water partition coefficient (Wildman–Crippen LogP) is 1.31. The van der Waals surface area contributed by atoms with E-state index in [4.69, 9.17) is 4.74 Å². The molecule has 0 aromatic carbocycles. The largest absolute Gasteiger partial charge is 0.435 e. The molecule has 1 spiro atoms. The highest BCUT2D eigenvalue weighted by Gasteiger charge is 2.52. The smallest absolute Gasteiger partial charge is 0.381 e. The molecule has 0 atom stereocenters. The van der Waals surface area contributed by atoms with Gasteiger partial charge in [-0.3, -0.25) is 9.58 Å². The van der Waals surface area contributed by atoms with Crippen molar-refractivity contribution in [2.24, 2.45) is 12.5 Å². The second-order valence-corrected chi connectivity index (χ2v) is 9.71. The van der Waals surface area contributed by atoms with Crippen molar-refractivity contribution in [2.75, 3.05) is 39.4 Å². The van der Waals surface area contributed by atoms with Crippen LogP contribution in [0.15, 0.2) is 11.1 Å². The molecule has 3 saturated heterocycles. The molecule has 0 unspecified atom stereocenters. The van der Waals surface area contributed by atoms with Crippen LogP contribution in [0.3, 0.4) is 0 Å². The van der Waals surface area contributed by atoms with Gasteiger partial charge in [0.15, 0.2) is 10.7 Å². The minimum Gasteiger partial charge on any atom is -0.381 e. The number of alkyl halides is 3. The van der Waals surface area contributed by atoms with Crippen molar-refractivity contribution in [3.05, 3.63) is 11.8 Å². The van der Waals surface area contributed by atoms with Crippen molar-refractivity contribution in [1.82, 2.24) is 19.0 Å². The Bertz CT molecular complexity index is 811. The lowest BCUT2D eigenvalue weighted by atomic mass is 9.77. The van der Waals surface area contributed by atoms with Crippen molar-refractivity contribution in [3.63, 3.8) is 0 Å². The van der Waals surface area contributed by atoms with Gasteiger partial charge < -0.3 is 4.74 Å². The molecule has 0 N–H and O–H groups in total. The van der Waals surface area contributed by atoms with Gasteiger partial charge in [0.2, 0.25) is 0 Å². The van der Waals surface area contributed by atoms with Crippen LogP contribution in [0.4, 0.5) is 13.2 Å². The van der Waals surface area contributed by atoms with Crippen LogP contribution in [0, 0.1) is 5.41 Å². The van der Waals surface area contributed by atoms with Gasteiger partial charge in [0.25, 0.3) is 10.0 Å². The Kier molecular flexibility index (Phi) is 4.56. The maximum atomic E-state index is 12.9. The fourth-order valence-corrected chi connectivity index (χ4v) is 6.12. The fourth-order valence-electron chi connectivity index (χ4n) is 4.44. The number of aromatic nitrogens is 2. The Morgan fingerprint density at radius 2 is 1.89 bits per heavy atom. The minimum atomic E-state index is -4.67. The normalized spacial score (nSPS) is 25.2. The number of halogens is 3. The number of rotatable bonds is 3. The summed E-state index contributed by atoms with van der Waals surface area (Å²) in [5.41, 5.74) is -1.27. The lowest BCUT2D eigenvalue weighted by Gasteiger charge is -2.52. The van der Waals surface area contributed by atoms with Crippen molar-refractivity contribution < 1.29 is 26.3 Å². The SMILES string of the molecule is Cn1nc(C(F)(F)F)cc1S(=O)(=O)N1CCC2(CN(C3CCOCC3)C2)C1. The molecule has 0 radical (unpaired) electrons. The Labute approximate surface area is 156 Å². The highest BCUT2D eigenvalue weighted by molar-refractivity contribution is 7.89. The third kappa shape index (κ3) is 3.39. The summed E-state index contributed by atoms with van der Waals surface area (Å²) < 4.78 is 71.8. The van der Waals surface area contributed by atoms with Crippen molar-refractivity contribution in [3.8, 4) is 0 Å². The van der Waals surface area contributed by atoms with E-state index in [0.29, 0.717) is 25.2 Å². The zero-order chi connectivity index (χ0) is 19.4. The molecular formula is C16H23F3N4O3S. The zero-order valence-electron chi connectivity index (χ0n) is 15.1. The molecule has 4 heterocycles. The number of aryl methyl sites for hydroxylation is 1. The molecule has 4 rings (SSSR count). The third-order valence-corrected chi connectivity index (χ3v) is 7.82. The minimum absolute atomic E-state index is 0.0865. The van der Waals surface area contributed by atoms with E-state index in [-0.39, 0.29) is 5.41 Å². The second-order valence-electron chi connectivity index (χ2n) is 7.83. The first-order valence-electron chi connectivity index (χ1n) is 9.04. The maximum Gasteiger partial charge on any atom is 0.435 e. The van der Waals surface area contributed by atoms with Crippen LogP contribution >= 0.6 is 0 Å². The van der Waals surface area contributed by atoms with Gasteiger partial charge in [0.1, 0.15) is 0 Å². The Morgan fingerprint density at radius 3 is 2.48 bits per heavy atom. The molecule has 27 heavy (non-hydrogen) atoms. The van der Waals surface area contributed by atoms with E-state index in [2.05, 4.69) is 10.00 Å². The molecule has 0 saturated carbocycles. The van der Waals surface area contributed by atoms with Crippen molar-refractivity contribution in [1.29, 1.82) is 0 Å². The number of nitrogens with zero attached hydrogens (tertiary/aromatic N) is 4. The summed E-state index contributed by atoms with van der Waals surface area (Å²) in [5.74, 6) is 0. The molecule has 1 aromatic rings. The van der Waals surface area contributed by atoms with Crippen LogP contribution < -0.4 is 0 Å². The van der Waals surface area contributed by atoms with Gasteiger partial charge in [0.05, 0.1) is 0 Å². The summed E-state index contributed by atoms with van der Waals surface area (Å²) in [4.78, 5) is 2.38. The number of hydrogen-bond acceptors (Lipinski definition) is 5. The Hall–Kier alpha value is -1.17. The van der Waals surface area contributed by atoms with E-state index < -0.39 is 26.9 Å². The predicted molar refractivity (Wildman–Crippen MR) is 89.4 cm³/mol. The molecule has 7 nitrogen and oxygen atoms in total. The average Bonchev–Trinajstić information content (AvgIpc) is 3.19. The zero-order valence-corrected chi connectivity index (χ0v) is 15.9. The van der Waals surface area contributed by atoms with E-state index in [1.807, 2.05) is 0 Å². The van der Waals surface area contributed by atoms with Gasteiger partial charge in [-0.15, -0.1) is 0 Å². The molecule has 3 fully saturated rings. The van der Waals surface area contributed by atoms with Crippen LogP contribution in [-0.2, 0) is 28.0 Å². The summed E-state index contributed by atoms with van der Waals surface area (Å²) >= 11 is 0. The number of likely N-dealkylation sites (tertiary alicyclic amines) is 1. The van der Waals surface area contributed by atoms with E-state index in [1.54, 1.807) is 0 Å². The van der Waals surface area contributed by atoms with Crippen molar-refractivity contribution >= 4 is 10.0 Å². The lowest BCUT2D eigenvalue weighted by Crippen LogP contribution is -2.61. The quantitative estimate of drug-likeness (QED) is 0.755. The molecule has 0 bridgehead atoms. The summed E-state index contributed by atoms with van der Waals surface area (Å²) in [6, 6.07) is 1.11. The van der Waals surface area contributed by atoms with Gasteiger partial charge in [-0.2, -0.15) is 22.6 Å². The number of sulfonamides is 1. The van der Waals surface area contributed by atoms with E-state index in [9.17, 15) is 21.6 Å². The number of ether oxygens (including phenoxy) is 1. The van der Waals surface area contributed by atoms with E-state index >= 15 is 0 Å². The van der Waals surface area contributed by atoms with Crippen molar-refractivity contribution in [2.45, 2.75) is 36.5 Å².